The summed E-state index contributed by atoms with van der Waals surface area (Å²) in [5, 5.41) is 0. The van der Waals surface area contributed by atoms with Gasteiger partial charge in [0.15, 0.2) is 0 Å². The van der Waals surface area contributed by atoms with E-state index >= 15 is 0 Å². The molecule has 1 unspecified atom stereocenters. The van der Waals surface area contributed by atoms with Gasteiger partial charge in [0.2, 0.25) is 0 Å². The summed E-state index contributed by atoms with van der Waals surface area (Å²) >= 11 is 1.36. The molecule has 1 nitrogen and oxygen atoms in total. The predicted octanol–water partition coefficient (Wildman–Crippen LogP) is 3.88. The molecule has 2 aromatic rings. The molecule has 0 aliphatic carbocycles. The van der Waals surface area contributed by atoms with Gasteiger partial charge in [-0.05, 0) is 29.5 Å². The quantitative estimate of drug-likeness (QED) is 0.613. The summed E-state index contributed by atoms with van der Waals surface area (Å²) in [7, 11) is 0. The fourth-order valence-electron chi connectivity index (χ4n) is 1.89. The lowest BCUT2D eigenvalue weighted by Crippen LogP contribution is -2.03. The van der Waals surface area contributed by atoms with Gasteiger partial charge in [-0.3, -0.25) is 0 Å². The molecular formula is C15H13FOS. The summed E-state index contributed by atoms with van der Waals surface area (Å²) in [6.07, 6.45) is 2.68. The van der Waals surface area contributed by atoms with Crippen molar-refractivity contribution in [1.29, 1.82) is 0 Å². The molecule has 0 spiro atoms. The lowest BCUT2D eigenvalue weighted by atomic mass is 9.93. The van der Waals surface area contributed by atoms with Crippen molar-refractivity contribution in [3.05, 3.63) is 65.5 Å². The zero-order valence-corrected chi connectivity index (χ0v) is 10.8. The second kappa shape index (κ2) is 5.83. The first-order valence-corrected chi connectivity index (χ1v) is 6.82. The smallest absolute Gasteiger partial charge is 0.137 e. The van der Waals surface area contributed by atoms with E-state index in [1.165, 1.54) is 17.8 Å². The summed E-state index contributed by atoms with van der Waals surface area (Å²) < 4.78 is 13.7. The Labute approximate surface area is 110 Å². The maximum absolute atomic E-state index is 13.7. The molecule has 0 radical (unpaired) electrons. The number of carbonyl (C=O) groups excluding carboxylic acids is 1. The third-order valence-electron chi connectivity index (χ3n) is 2.83. The van der Waals surface area contributed by atoms with Crippen LogP contribution in [0.3, 0.4) is 0 Å². The SMILES string of the molecule is CSc1ccc(C(C=O)c2ccccc2)cc1F. The molecule has 0 aromatic heterocycles. The Kier molecular flexibility index (Phi) is 4.15. The van der Waals surface area contributed by atoms with Crippen LogP contribution in [0, 0.1) is 5.82 Å². The van der Waals surface area contributed by atoms with Gasteiger partial charge in [-0.2, -0.15) is 0 Å². The van der Waals surface area contributed by atoms with E-state index in [0.717, 1.165) is 11.8 Å². The van der Waals surface area contributed by atoms with Crippen molar-refractivity contribution in [3.63, 3.8) is 0 Å². The molecule has 18 heavy (non-hydrogen) atoms. The van der Waals surface area contributed by atoms with E-state index in [-0.39, 0.29) is 5.82 Å². The van der Waals surface area contributed by atoms with Gasteiger partial charge in [-0.15, -0.1) is 11.8 Å². The maximum Gasteiger partial charge on any atom is 0.137 e. The van der Waals surface area contributed by atoms with Gasteiger partial charge < -0.3 is 4.79 Å². The van der Waals surface area contributed by atoms with Crippen LogP contribution in [0.15, 0.2) is 53.4 Å². The van der Waals surface area contributed by atoms with Crippen LogP contribution in [0.1, 0.15) is 17.0 Å². The molecule has 92 valence electrons. The largest absolute Gasteiger partial charge is 0.302 e. The van der Waals surface area contributed by atoms with E-state index in [2.05, 4.69) is 0 Å². The standard InChI is InChI=1S/C15H13FOS/c1-18-15-8-7-12(9-14(15)16)13(10-17)11-5-3-2-4-6-11/h2-10,13H,1H3. The normalized spacial score (nSPS) is 12.1. The summed E-state index contributed by atoms with van der Waals surface area (Å²) in [4.78, 5) is 11.8. The Morgan fingerprint density at radius 3 is 2.39 bits per heavy atom. The lowest BCUT2D eigenvalue weighted by Gasteiger charge is -2.12. The summed E-state index contributed by atoms with van der Waals surface area (Å²) in [6, 6.07) is 14.4. The average Bonchev–Trinajstić information content (AvgIpc) is 2.41. The highest BCUT2D eigenvalue weighted by Crippen LogP contribution is 2.27. The minimum absolute atomic E-state index is 0.275. The molecule has 0 saturated heterocycles. The van der Waals surface area contributed by atoms with Gasteiger partial charge in [-0.25, -0.2) is 4.39 Å². The van der Waals surface area contributed by atoms with Crippen LogP contribution >= 0.6 is 11.8 Å². The second-order valence-corrected chi connectivity index (χ2v) is 4.77. The molecule has 0 bridgehead atoms. The second-order valence-electron chi connectivity index (χ2n) is 3.92. The predicted molar refractivity (Wildman–Crippen MR) is 72.5 cm³/mol. The Morgan fingerprint density at radius 2 is 1.83 bits per heavy atom. The van der Waals surface area contributed by atoms with Gasteiger partial charge in [0.05, 0.1) is 5.92 Å². The van der Waals surface area contributed by atoms with Crippen LogP contribution in [-0.2, 0) is 4.79 Å². The number of carbonyl (C=O) groups is 1. The molecule has 0 aliphatic rings. The topological polar surface area (TPSA) is 17.1 Å². The summed E-state index contributed by atoms with van der Waals surface area (Å²) in [6.45, 7) is 0. The maximum atomic E-state index is 13.7. The fraction of sp³-hybridized carbons (Fsp3) is 0.133. The molecule has 0 fully saturated rings. The molecule has 0 amide bonds. The highest BCUT2D eigenvalue weighted by Gasteiger charge is 2.14. The Bertz CT molecular complexity index is 539. The molecule has 1 atom stereocenters. The number of halogens is 1. The van der Waals surface area contributed by atoms with Gasteiger partial charge in [0, 0.05) is 4.90 Å². The molecule has 3 heteroatoms. The lowest BCUT2D eigenvalue weighted by molar-refractivity contribution is -0.108. The van der Waals surface area contributed by atoms with Crippen molar-refractivity contribution in [1.82, 2.24) is 0 Å². The molecule has 0 saturated carbocycles. The van der Waals surface area contributed by atoms with E-state index in [4.69, 9.17) is 0 Å². The van der Waals surface area contributed by atoms with Crippen molar-refractivity contribution in [2.45, 2.75) is 10.8 Å². The molecule has 2 aromatic carbocycles. The summed E-state index contributed by atoms with van der Waals surface area (Å²) in [5.41, 5.74) is 1.57. The van der Waals surface area contributed by atoms with E-state index < -0.39 is 5.92 Å². The first-order valence-electron chi connectivity index (χ1n) is 5.60. The zero-order valence-electron chi connectivity index (χ0n) is 9.97. The highest BCUT2D eigenvalue weighted by atomic mass is 32.2. The number of hydrogen-bond donors (Lipinski definition) is 0. The Balaban J connectivity index is 2.40. The van der Waals surface area contributed by atoms with Crippen molar-refractivity contribution in [3.8, 4) is 0 Å². The van der Waals surface area contributed by atoms with E-state index in [1.807, 2.05) is 36.6 Å². The number of rotatable bonds is 4. The van der Waals surface area contributed by atoms with Crippen LogP contribution in [0.25, 0.3) is 0 Å². The van der Waals surface area contributed by atoms with Crippen molar-refractivity contribution >= 4 is 18.0 Å². The number of hydrogen-bond acceptors (Lipinski definition) is 2. The first kappa shape index (κ1) is 12.8. The summed E-state index contributed by atoms with van der Waals surface area (Å²) in [5.74, 6) is -0.681. The van der Waals surface area contributed by atoms with Crippen molar-refractivity contribution < 1.29 is 9.18 Å². The van der Waals surface area contributed by atoms with E-state index in [1.54, 1.807) is 12.1 Å². The molecule has 2 rings (SSSR count). The monoisotopic (exact) mass is 260 g/mol. The number of benzene rings is 2. The van der Waals surface area contributed by atoms with Gasteiger partial charge in [0.25, 0.3) is 0 Å². The van der Waals surface area contributed by atoms with Crippen LogP contribution in [0.2, 0.25) is 0 Å². The van der Waals surface area contributed by atoms with E-state index in [0.29, 0.717) is 10.5 Å². The Hall–Kier alpha value is -1.61. The van der Waals surface area contributed by atoms with Crippen LogP contribution < -0.4 is 0 Å². The van der Waals surface area contributed by atoms with Crippen LogP contribution in [0.5, 0.6) is 0 Å². The van der Waals surface area contributed by atoms with Gasteiger partial charge >= 0.3 is 0 Å². The molecule has 0 heterocycles. The van der Waals surface area contributed by atoms with Crippen LogP contribution in [-0.4, -0.2) is 12.5 Å². The molecular weight excluding hydrogens is 247 g/mol. The zero-order chi connectivity index (χ0) is 13.0. The highest BCUT2D eigenvalue weighted by molar-refractivity contribution is 7.98. The van der Waals surface area contributed by atoms with E-state index in [9.17, 15) is 9.18 Å². The molecule has 0 aliphatic heterocycles. The first-order chi connectivity index (χ1) is 8.76. The minimum atomic E-state index is -0.406. The van der Waals surface area contributed by atoms with Crippen molar-refractivity contribution in [2.24, 2.45) is 0 Å². The third kappa shape index (κ3) is 2.62. The number of aldehydes is 1. The molecule has 0 N–H and O–H groups in total. The van der Waals surface area contributed by atoms with Crippen molar-refractivity contribution in [2.75, 3.05) is 6.26 Å². The van der Waals surface area contributed by atoms with Crippen LogP contribution in [0.4, 0.5) is 4.39 Å². The number of thioether (sulfide) groups is 1. The average molecular weight is 260 g/mol. The fourth-order valence-corrected chi connectivity index (χ4v) is 2.34. The minimum Gasteiger partial charge on any atom is -0.302 e. The Morgan fingerprint density at radius 1 is 1.11 bits per heavy atom. The third-order valence-corrected chi connectivity index (χ3v) is 3.60. The van der Waals surface area contributed by atoms with Gasteiger partial charge in [0.1, 0.15) is 12.1 Å². The van der Waals surface area contributed by atoms with Gasteiger partial charge in [-0.1, -0.05) is 36.4 Å².